The molecule has 0 spiro atoms. The first-order chi connectivity index (χ1) is 12.5. The molecule has 0 aliphatic carbocycles. The fourth-order valence-electron chi connectivity index (χ4n) is 3.39. The SMILES string of the molecule is O=C1CCc2ccc(NC3CCN(c4ccc(Cl)c(Cl)c4)C3=O)cc2N1. The van der Waals surface area contributed by atoms with Gasteiger partial charge < -0.3 is 15.5 Å². The minimum absolute atomic E-state index is 0.00912. The number of nitrogens with zero attached hydrogens (tertiary/aromatic N) is 1. The molecule has 1 atom stereocenters. The fraction of sp³-hybridized carbons (Fsp3) is 0.263. The van der Waals surface area contributed by atoms with Crippen LogP contribution in [0.4, 0.5) is 17.1 Å². The molecular weight excluding hydrogens is 373 g/mol. The van der Waals surface area contributed by atoms with Crippen LogP contribution in [-0.2, 0) is 16.0 Å². The summed E-state index contributed by atoms with van der Waals surface area (Å²) in [6.07, 6.45) is 1.94. The second kappa shape index (κ2) is 6.82. The Hall–Kier alpha value is -2.24. The summed E-state index contributed by atoms with van der Waals surface area (Å²) in [5, 5.41) is 7.06. The molecule has 26 heavy (non-hydrogen) atoms. The van der Waals surface area contributed by atoms with Crippen LogP contribution in [0.2, 0.25) is 10.0 Å². The van der Waals surface area contributed by atoms with Gasteiger partial charge in [-0.2, -0.15) is 0 Å². The monoisotopic (exact) mass is 389 g/mol. The Morgan fingerprint density at radius 2 is 1.88 bits per heavy atom. The summed E-state index contributed by atoms with van der Waals surface area (Å²) >= 11 is 12.0. The topological polar surface area (TPSA) is 61.4 Å². The molecule has 0 saturated carbocycles. The van der Waals surface area contributed by atoms with Gasteiger partial charge in [-0.05, 0) is 48.7 Å². The summed E-state index contributed by atoms with van der Waals surface area (Å²) in [5.74, 6) is 0.0162. The van der Waals surface area contributed by atoms with Crippen molar-refractivity contribution < 1.29 is 9.59 Å². The Labute approximate surface area is 161 Å². The van der Waals surface area contributed by atoms with Crippen LogP contribution >= 0.6 is 23.2 Å². The summed E-state index contributed by atoms with van der Waals surface area (Å²) in [4.78, 5) is 26.0. The Morgan fingerprint density at radius 1 is 1.04 bits per heavy atom. The Kier molecular flexibility index (Phi) is 4.51. The van der Waals surface area contributed by atoms with Gasteiger partial charge in [0.1, 0.15) is 6.04 Å². The number of benzene rings is 2. The number of aryl methyl sites for hydroxylation is 1. The van der Waals surface area contributed by atoms with E-state index in [1.165, 1.54) is 0 Å². The molecule has 0 bridgehead atoms. The molecule has 0 aromatic heterocycles. The molecule has 7 heteroatoms. The van der Waals surface area contributed by atoms with Crippen LogP contribution in [0, 0.1) is 0 Å². The van der Waals surface area contributed by atoms with Crippen molar-refractivity contribution in [3.63, 3.8) is 0 Å². The van der Waals surface area contributed by atoms with E-state index in [4.69, 9.17) is 23.2 Å². The molecule has 1 fully saturated rings. The zero-order valence-electron chi connectivity index (χ0n) is 13.9. The smallest absolute Gasteiger partial charge is 0.249 e. The van der Waals surface area contributed by atoms with Gasteiger partial charge in [0.25, 0.3) is 0 Å². The molecule has 2 aliphatic rings. The minimum Gasteiger partial charge on any atom is -0.374 e. The van der Waals surface area contributed by atoms with Gasteiger partial charge in [-0.1, -0.05) is 29.3 Å². The lowest BCUT2D eigenvalue weighted by Crippen LogP contribution is -2.33. The largest absolute Gasteiger partial charge is 0.374 e. The average molecular weight is 390 g/mol. The Balaban J connectivity index is 1.50. The highest BCUT2D eigenvalue weighted by Gasteiger charge is 2.32. The first kappa shape index (κ1) is 17.2. The first-order valence-corrected chi connectivity index (χ1v) is 9.22. The number of amides is 2. The zero-order valence-corrected chi connectivity index (χ0v) is 15.4. The molecule has 2 aliphatic heterocycles. The summed E-state index contributed by atoms with van der Waals surface area (Å²) < 4.78 is 0. The van der Waals surface area contributed by atoms with Gasteiger partial charge in [-0.25, -0.2) is 0 Å². The summed E-state index contributed by atoms with van der Waals surface area (Å²) in [6, 6.07) is 10.7. The third-order valence-corrected chi connectivity index (χ3v) is 5.51. The molecule has 2 amide bonds. The fourth-order valence-corrected chi connectivity index (χ4v) is 3.68. The summed E-state index contributed by atoms with van der Waals surface area (Å²) in [5.41, 5.74) is 3.50. The van der Waals surface area contributed by atoms with Crippen LogP contribution in [0.25, 0.3) is 0 Å². The molecule has 0 radical (unpaired) electrons. The lowest BCUT2D eigenvalue weighted by molar-refractivity contribution is -0.118. The van der Waals surface area contributed by atoms with Gasteiger partial charge in [-0.3, -0.25) is 9.59 Å². The average Bonchev–Trinajstić information content (AvgIpc) is 2.98. The molecule has 2 heterocycles. The lowest BCUT2D eigenvalue weighted by atomic mass is 10.0. The van der Waals surface area contributed by atoms with Crippen LogP contribution in [0.5, 0.6) is 0 Å². The quantitative estimate of drug-likeness (QED) is 0.830. The van der Waals surface area contributed by atoms with Crippen molar-refractivity contribution in [1.29, 1.82) is 0 Å². The summed E-state index contributed by atoms with van der Waals surface area (Å²) in [6.45, 7) is 0.607. The Bertz CT molecular complexity index is 900. The number of anilines is 3. The van der Waals surface area contributed by atoms with Crippen molar-refractivity contribution in [2.24, 2.45) is 0 Å². The summed E-state index contributed by atoms with van der Waals surface area (Å²) in [7, 11) is 0. The van der Waals surface area contributed by atoms with E-state index >= 15 is 0 Å². The number of hydrogen-bond acceptors (Lipinski definition) is 3. The maximum atomic E-state index is 12.8. The van der Waals surface area contributed by atoms with E-state index in [1.807, 2.05) is 18.2 Å². The first-order valence-electron chi connectivity index (χ1n) is 8.47. The van der Waals surface area contributed by atoms with E-state index in [1.54, 1.807) is 23.1 Å². The standard InChI is InChI=1S/C19H17Cl2N3O2/c20-14-5-4-13(10-15(14)21)24-8-7-16(19(24)26)22-12-3-1-11-2-6-18(25)23-17(11)9-12/h1,3-5,9-10,16,22H,2,6-8H2,(H,23,25). The van der Waals surface area contributed by atoms with Crippen LogP contribution in [0.15, 0.2) is 36.4 Å². The predicted octanol–water partition coefficient (Wildman–Crippen LogP) is 4.10. The van der Waals surface area contributed by atoms with Crippen molar-refractivity contribution >= 4 is 52.1 Å². The molecule has 1 saturated heterocycles. The van der Waals surface area contributed by atoms with E-state index in [9.17, 15) is 9.59 Å². The van der Waals surface area contributed by atoms with Gasteiger partial charge in [0.05, 0.1) is 10.0 Å². The molecule has 134 valence electrons. The Morgan fingerprint density at radius 3 is 2.69 bits per heavy atom. The third-order valence-electron chi connectivity index (χ3n) is 4.77. The molecule has 2 aromatic rings. The highest BCUT2D eigenvalue weighted by atomic mass is 35.5. The van der Waals surface area contributed by atoms with Crippen molar-refractivity contribution in [3.8, 4) is 0 Å². The normalized spacial score (nSPS) is 19.3. The van der Waals surface area contributed by atoms with Crippen molar-refractivity contribution in [2.45, 2.75) is 25.3 Å². The van der Waals surface area contributed by atoms with Crippen LogP contribution in [0.1, 0.15) is 18.4 Å². The predicted molar refractivity (Wildman–Crippen MR) is 104 cm³/mol. The van der Waals surface area contributed by atoms with E-state index in [0.717, 1.165) is 29.0 Å². The van der Waals surface area contributed by atoms with Crippen molar-refractivity contribution in [3.05, 3.63) is 52.0 Å². The van der Waals surface area contributed by atoms with Crippen LogP contribution < -0.4 is 15.5 Å². The molecule has 1 unspecified atom stereocenters. The number of hydrogen-bond donors (Lipinski definition) is 2. The molecular formula is C19H17Cl2N3O2. The second-order valence-electron chi connectivity index (χ2n) is 6.49. The van der Waals surface area contributed by atoms with Gasteiger partial charge in [0, 0.05) is 30.0 Å². The highest BCUT2D eigenvalue weighted by molar-refractivity contribution is 6.42. The lowest BCUT2D eigenvalue weighted by Gasteiger charge is -2.20. The number of carbonyl (C=O) groups excluding carboxylic acids is 2. The van der Waals surface area contributed by atoms with E-state index in [0.29, 0.717) is 29.4 Å². The van der Waals surface area contributed by atoms with Gasteiger partial charge in [-0.15, -0.1) is 0 Å². The number of fused-ring (bicyclic) bond motifs is 1. The number of rotatable bonds is 3. The van der Waals surface area contributed by atoms with Gasteiger partial charge in [0.2, 0.25) is 11.8 Å². The van der Waals surface area contributed by atoms with Crippen molar-refractivity contribution in [1.82, 2.24) is 0 Å². The maximum absolute atomic E-state index is 12.8. The molecule has 2 aromatic carbocycles. The molecule has 4 rings (SSSR count). The van der Waals surface area contributed by atoms with Gasteiger partial charge >= 0.3 is 0 Å². The maximum Gasteiger partial charge on any atom is 0.249 e. The highest BCUT2D eigenvalue weighted by Crippen LogP contribution is 2.31. The molecule has 5 nitrogen and oxygen atoms in total. The van der Waals surface area contributed by atoms with E-state index < -0.39 is 0 Å². The number of nitrogens with one attached hydrogen (secondary N) is 2. The number of carbonyl (C=O) groups is 2. The van der Waals surface area contributed by atoms with E-state index in [-0.39, 0.29) is 17.9 Å². The van der Waals surface area contributed by atoms with Gasteiger partial charge in [0.15, 0.2) is 0 Å². The van der Waals surface area contributed by atoms with Crippen LogP contribution in [-0.4, -0.2) is 24.4 Å². The second-order valence-corrected chi connectivity index (χ2v) is 7.31. The zero-order chi connectivity index (χ0) is 18.3. The number of halogens is 2. The minimum atomic E-state index is -0.318. The molecule has 2 N–H and O–H groups in total. The third kappa shape index (κ3) is 3.24. The van der Waals surface area contributed by atoms with Crippen LogP contribution in [0.3, 0.4) is 0 Å². The van der Waals surface area contributed by atoms with Crippen molar-refractivity contribution in [2.75, 3.05) is 22.1 Å². The van der Waals surface area contributed by atoms with E-state index in [2.05, 4.69) is 10.6 Å².